The minimum absolute atomic E-state index is 0.531. The van der Waals surface area contributed by atoms with Crippen LogP contribution < -0.4 is 4.74 Å². The van der Waals surface area contributed by atoms with Gasteiger partial charge in [-0.3, -0.25) is 4.40 Å². The number of nitrogens with zero attached hydrogens (tertiary/aromatic N) is 2. The molecule has 0 bridgehead atoms. The molecular weight excluding hydrogens is 330 g/mol. The third kappa shape index (κ3) is 2.72. The highest BCUT2D eigenvalue weighted by Gasteiger charge is 2.11. The highest BCUT2D eigenvalue weighted by atomic mass is 32.1. The number of aryl methyl sites for hydroxylation is 1. The maximum Gasteiger partial charge on any atom is 0.205 e. The van der Waals surface area contributed by atoms with Gasteiger partial charge >= 0.3 is 0 Å². The van der Waals surface area contributed by atoms with E-state index in [0.29, 0.717) is 4.77 Å². The first kappa shape index (κ1) is 15.6. The van der Waals surface area contributed by atoms with E-state index in [2.05, 4.69) is 29.0 Å². The summed E-state index contributed by atoms with van der Waals surface area (Å²) in [5.74, 6) is 0.826. The smallest absolute Gasteiger partial charge is 0.205 e. The summed E-state index contributed by atoms with van der Waals surface area (Å²) in [6.45, 7) is 2.10. The molecule has 0 aliphatic heterocycles. The minimum atomic E-state index is 0.531. The van der Waals surface area contributed by atoms with Gasteiger partial charge in [-0.25, -0.2) is 4.98 Å². The summed E-state index contributed by atoms with van der Waals surface area (Å²) in [5.41, 5.74) is 6.37. The van der Waals surface area contributed by atoms with Crippen molar-refractivity contribution in [2.24, 2.45) is 0 Å². The second-order valence-corrected chi connectivity index (χ2v) is 6.25. The third-order valence-electron chi connectivity index (χ3n) is 4.35. The van der Waals surface area contributed by atoms with Crippen LogP contribution in [0.4, 0.5) is 0 Å². The number of methoxy groups -OCH3 is 1. The van der Waals surface area contributed by atoms with E-state index < -0.39 is 0 Å². The molecule has 2 aromatic carbocycles. The Morgan fingerprint density at radius 2 is 1.80 bits per heavy atom. The molecule has 0 spiro atoms. The second-order valence-electron chi connectivity index (χ2n) is 5.88. The Hall–Kier alpha value is -2.92. The molecule has 4 rings (SSSR count). The average molecular weight is 347 g/mol. The molecule has 4 nitrogen and oxygen atoms in total. The molecule has 124 valence electrons. The zero-order valence-corrected chi connectivity index (χ0v) is 14.8. The van der Waals surface area contributed by atoms with Gasteiger partial charge in [0.1, 0.15) is 11.4 Å². The molecule has 0 aliphatic carbocycles. The van der Waals surface area contributed by atoms with Crippen molar-refractivity contribution in [3.63, 3.8) is 0 Å². The summed E-state index contributed by atoms with van der Waals surface area (Å²) < 4.78 is 7.70. The number of hydrogen-bond donors (Lipinski definition) is 1. The topological polar surface area (TPSA) is 42.3 Å². The van der Waals surface area contributed by atoms with Gasteiger partial charge in [0, 0.05) is 23.5 Å². The Labute approximate surface area is 150 Å². The first-order valence-corrected chi connectivity index (χ1v) is 8.39. The highest BCUT2D eigenvalue weighted by Crippen LogP contribution is 2.29. The SMILES string of the molecule is COc1ccc(-c2cnc(=S)n3cc(-c4ccccc4C)[nH]c23)cc1. The fourth-order valence-corrected chi connectivity index (χ4v) is 3.20. The average Bonchev–Trinajstić information content (AvgIpc) is 3.08. The first-order chi connectivity index (χ1) is 12.2. The molecule has 1 N–H and O–H groups in total. The van der Waals surface area contributed by atoms with E-state index in [-0.39, 0.29) is 0 Å². The normalized spacial score (nSPS) is 11.0. The molecular formula is C20H17N3OS. The predicted octanol–water partition coefficient (Wildman–Crippen LogP) is 5.04. The van der Waals surface area contributed by atoms with Gasteiger partial charge in [0.15, 0.2) is 0 Å². The van der Waals surface area contributed by atoms with E-state index in [4.69, 9.17) is 17.0 Å². The lowest BCUT2D eigenvalue weighted by Crippen LogP contribution is -1.92. The van der Waals surface area contributed by atoms with Gasteiger partial charge in [0.2, 0.25) is 4.77 Å². The lowest BCUT2D eigenvalue weighted by atomic mass is 10.1. The van der Waals surface area contributed by atoms with Crippen LogP contribution in [0.25, 0.3) is 28.0 Å². The number of aromatic amines is 1. The number of H-pyrrole nitrogens is 1. The molecule has 0 saturated carbocycles. The number of fused-ring (bicyclic) bond motifs is 1. The number of nitrogens with one attached hydrogen (secondary N) is 1. The molecule has 0 fully saturated rings. The summed E-state index contributed by atoms with van der Waals surface area (Å²) in [6.07, 6.45) is 3.83. The van der Waals surface area contributed by atoms with Crippen molar-refractivity contribution in [1.29, 1.82) is 0 Å². The van der Waals surface area contributed by atoms with E-state index in [1.807, 2.05) is 53.2 Å². The summed E-state index contributed by atoms with van der Waals surface area (Å²) >= 11 is 5.41. The molecule has 0 unspecified atom stereocenters. The van der Waals surface area contributed by atoms with Crippen LogP contribution in [-0.2, 0) is 0 Å². The van der Waals surface area contributed by atoms with E-state index in [9.17, 15) is 0 Å². The van der Waals surface area contributed by atoms with Gasteiger partial charge in [-0.2, -0.15) is 0 Å². The fraction of sp³-hybridized carbons (Fsp3) is 0.100. The summed E-state index contributed by atoms with van der Waals surface area (Å²) in [5, 5.41) is 0. The first-order valence-electron chi connectivity index (χ1n) is 7.98. The maximum absolute atomic E-state index is 5.41. The quantitative estimate of drug-likeness (QED) is 0.528. The molecule has 0 radical (unpaired) electrons. The summed E-state index contributed by atoms with van der Waals surface area (Å²) in [6, 6.07) is 16.2. The molecule has 5 heteroatoms. The van der Waals surface area contributed by atoms with E-state index in [1.165, 1.54) is 5.56 Å². The van der Waals surface area contributed by atoms with Crippen molar-refractivity contribution in [2.75, 3.05) is 7.11 Å². The van der Waals surface area contributed by atoms with Crippen LogP contribution in [0, 0.1) is 11.7 Å². The number of ether oxygens (including phenoxy) is 1. The molecule has 2 aromatic heterocycles. The van der Waals surface area contributed by atoms with Gasteiger partial charge in [-0.05, 0) is 42.4 Å². The monoisotopic (exact) mass is 347 g/mol. The summed E-state index contributed by atoms with van der Waals surface area (Å²) in [7, 11) is 1.66. The van der Waals surface area contributed by atoms with Gasteiger partial charge in [-0.15, -0.1) is 0 Å². The Morgan fingerprint density at radius 1 is 1.04 bits per heavy atom. The van der Waals surface area contributed by atoms with Crippen LogP contribution >= 0.6 is 12.2 Å². The summed E-state index contributed by atoms with van der Waals surface area (Å²) in [4.78, 5) is 7.90. The zero-order valence-electron chi connectivity index (χ0n) is 14.0. The zero-order chi connectivity index (χ0) is 17.4. The van der Waals surface area contributed by atoms with Gasteiger partial charge in [-0.1, -0.05) is 36.4 Å². The second kappa shape index (κ2) is 6.18. The number of benzene rings is 2. The highest BCUT2D eigenvalue weighted by molar-refractivity contribution is 7.71. The van der Waals surface area contributed by atoms with Crippen LogP contribution in [0.2, 0.25) is 0 Å². The Bertz CT molecular complexity index is 1110. The molecule has 2 heterocycles. The van der Waals surface area contributed by atoms with Gasteiger partial charge in [0.25, 0.3) is 0 Å². The Morgan fingerprint density at radius 3 is 2.52 bits per heavy atom. The molecule has 0 atom stereocenters. The standard InChI is InChI=1S/C20H17N3OS/c1-13-5-3-4-6-16(13)18-12-23-19(22-18)17(11-21-20(23)25)14-7-9-15(24-2)10-8-14/h3-12,22H,1-2H3. The van der Waals surface area contributed by atoms with E-state index >= 15 is 0 Å². The van der Waals surface area contributed by atoms with Crippen molar-refractivity contribution in [3.05, 3.63) is 71.3 Å². The fourth-order valence-electron chi connectivity index (χ4n) is 3.00. The molecule has 0 saturated heterocycles. The van der Waals surface area contributed by atoms with Crippen LogP contribution in [-0.4, -0.2) is 21.5 Å². The minimum Gasteiger partial charge on any atom is -0.497 e. The van der Waals surface area contributed by atoms with Crippen molar-refractivity contribution in [2.45, 2.75) is 6.92 Å². The third-order valence-corrected chi connectivity index (χ3v) is 4.66. The van der Waals surface area contributed by atoms with Gasteiger partial charge in [0.05, 0.1) is 12.8 Å². The van der Waals surface area contributed by atoms with E-state index in [0.717, 1.165) is 33.8 Å². The number of aromatic nitrogens is 3. The van der Waals surface area contributed by atoms with Crippen molar-refractivity contribution >= 4 is 17.9 Å². The largest absolute Gasteiger partial charge is 0.497 e. The Kier molecular flexibility index (Phi) is 3.86. The van der Waals surface area contributed by atoms with Crippen molar-refractivity contribution < 1.29 is 4.74 Å². The lowest BCUT2D eigenvalue weighted by Gasteiger charge is -2.05. The molecule has 0 amide bonds. The van der Waals surface area contributed by atoms with E-state index in [1.54, 1.807) is 7.11 Å². The van der Waals surface area contributed by atoms with Crippen molar-refractivity contribution in [3.8, 4) is 28.1 Å². The predicted molar refractivity (Wildman–Crippen MR) is 103 cm³/mol. The molecule has 4 aromatic rings. The van der Waals surface area contributed by atoms with Gasteiger partial charge < -0.3 is 9.72 Å². The lowest BCUT2D eigenvalue weighted by molar-refractivity contribution is 0.415. The molecule has 0 aliphatic rings. The molecule has 25 heavy (non-hydrogen) atoms. The van der Waals surface area contributed by atoms with Crippen LogP contribution in [0.5, 0.6) is 5.75 Å². The maximum atomic E-state index is 5.41. The number of hydrogen-bond acceptors (Lipinski definition) is 3. The van der Waals surface area contributed by atoms with Crippen LogP contribution in [0.1, 0.15) is 5.56 Å². The van der Waals surface area contributed by atoms with Crippen LogP contribution in [0.15, 0.2) is 60.9 Å². The number of rotatable bonds is 3. The van der Waals surface area contributed by atoms with Crippen molar-refractivity contribution in [1.82, 2.24) is 14.4 Å². The van der Waals surface area contributed by atoms with Crippen LogP contribution in [0.3, 0.4) is 0 Å². The Balaban J connectivity index is 1.93. The number of imidazole rings is 1.